The highest BCUT2D eigenvalue weighted by molar-refractivity contribution is 5.99. The van der Waals surface area contributed by atoms with Crippen molar-refractivity contribution in [2.45, 2.75) is 13.0 Å². The highest BCUT2D eigenvalue weighted by Gasteiger charge is 2.31. The molecule has 0 radical (unpaired) electrons. The summed E-state index contributed by atoms with van der Waals surface area (Å²) < 4.78 is 31.3. The van der Waals surface area contributed by atoms with E-state index in [-0.39, 0.29) is 17.3 Å². The van der Waals surface area contributed by atoms with E-state index in [1.807, 2.05) is 0 Å². The number of fused-ring (bicyclic) bond motifs is 1. The minimum Gasteiger partial charge on any atom is -0.476 e. The van der Waals surface area contributed by atoms with Gasteiger partial charge in [-0.2, -0.15) is 0 Å². The van der Waals surface area contributed by atoms with E-state index < -0.39 is 17.7 Å². The van der Waals surface area contributed by atoms with Crippen molar-refractivity contribution in [2.75, 3.05) is 11.9 Å². The van der Waals surface area contributed by atoms with Gasteiger partial charge in [0, 0.05) is 19.2 Å². The Bertz CT molecular complexity index is 434. The third-order valence-electron chi connectivity index (χ3n) is 2.32. The van der Waals surface area contributed by atoms with Crippen LogP contribution in [0, 0.1) is 11.6 Å². The average Bonchev–Trinajstić information content (AvgIpc) is 2.17. The van der Waals surface area contributed by atoms with Crippen LogP contribution in [0.25, 0.3) is 0 Å². The molecule has 1 atom stereocenters. The number of hydrogen-bond donors (Lipinski definition) is 0. The maximum Gasteiger partial charge on any atom is 0.267 e. The number of amides is 1. The SMILES string of the molecule is CC1Oc2c(F)cc(F)cc2N(C)C1=O. The molecule has 15 heavy (non-hydrogen) atoms. The second kappa shape index (κ2) is 3.18. The molecule has 0 fully saturated rings. The molecular formula is C10H9F2NO2. The molecule has 1 aliphatic heterocycles. The second-order valence-electron chi connectivity index (χ2n) is 3.39. The highest BCUT2D eigenvalue weighted by atomic mass is 19.1. The summed E-state index contributed by atoms with van der Waals surface area (Å²) in [6.45, 7) is 1.52. The zero-order valence-electron chi connectivity index (χ0n) is 8.25. The third kappa shape index (κ3) is 1.44. The molecule has 0 bridgehead atoms. The lowest BCUT2D eigenvalue weighted by atomic mass is 10.2. The number of ether oxygens (including phenoxy) is 1. The minimum absolute atomic E-state index is 0.0778. The van der Waals surface area contributed by atoms with Crippen LogP contribution in [-0.4, -0.2) is 19.1 Å². The number of carbonyl (C=O) groups is 1. The molecule has 3 nitrogen and oxygen atoms in total. The van der Waals surface area contributed by atoms with E-state index in [2.05, 4.69) is 0 Å². The van der Waals surface area contributed by atoms with Crippen LogP contribution in [0.3, 0.4) is 0 Å². The van der Waals surface area contributed by atoms with Crippen LogP contribution in [0.5, 0.6) is 5.75 Å². The Labute approximate surface area is 85.3 Å². The standard InChI is InChI=1S/C10H9F2NO2/c1-5-10(14)13(2)8-4-6(11)3-7(12)9(8)15-5/h3-5H,1-2H3. The largest absolute Gasteiger partial charge is 0.476 e. The summed E-state index contributed by atoms with van der Waals surface area (Å²) in [6, 6.07) is 1.80. The Morgan fingerprint density at radius 2 is 2.07 bits per heavy atom. The number of likely N-dealkylation sites (N-methyl/N-ethyl adjacent to an activating group) is 1. The van der Waals surface area contributed by atoms with E-state index in [9.17, 15) is 13.6 Å². The molecule has 80 valence electrons. The summed E-state index contributed by atoms with van der Waals surface area (Å²) in [5.74, 6) is -1.93. The van der Waals surface area contributed by atoms with Gasteiger partial charge < -0.3 is 9.64 Å². The van der Waals surface area contributed by atoms with Gasteiger partial charge in [0.05, 0.1) is 5.69 Å². The Balaban J connectivity index is 2.60. The number of hydrogen-bond acceptors (Lipinski definition) is 2. The molecule has 1 aliphatic rings. The first-order chi connectivity index (χ1) is 7.00. The van der Waals surface area contributed by atoms with Gasteiger partial charge in [-0.15, -0.1) is 0 Å². The van der Waals surface area contributed by atoms with Gasteiger partial charge in [0.1, 0.15) is 5.82 Å². The van der Waals surface area contributed by atoms with Crippen LogP contribution in [0.4, 0.5) is 14.5 Å². The molecule has 0 aliphatic carbocycles. The number of anilines is 1. The summed E-state index contributed by atoms with van der Waals surface area (Å²) in [6.07, 6.45) is -0.748. The predicted molar refractivity (Wildman–Crippen MR) is 49.9 cm³/mol. The zero-order chi connectivity index (χ0) is 11.2. The van der Waals surface area contributed by atoms with Crippen molar-refractivity contribution in [3.63, 3.8) is 0 Å². The van der Waals surface area contributed by atoms with Crippen LogP contribution in [0.1, 0.15) is 6.92 Å². The van der Waals surface area contributed by atoms with Gasteiger partial charge in [-0.05, 0) is 6.92 Å². The van der Waals surface area contributed by atoms with Gasteiger partial charge in [-0.3, -0.25) is 4.79 Å². The van der Waals surface area contributed by atoms with Gasteiger partial charge in [-0.1, -0.05) is 0 Å². The van der Waals surface area contributed by atoms with Gasteiger partial charge >= 0.3 is 0 Å². The van der Waals surface area contributed by atoms with Crippen LogP contribution in [0.15, 0.2) is 12.1 Å². The molecule has 0 spiro atoms. The van der Waals surface area contributed by atoms with Gasteiger partial charge in [0.15, 0.2) is 17.7 Å². The van der Waals surface area contributed by atoms with Gasteiger partial charge in [0.2, 0.25) is 0 Å². The van der Waals surface area contributed by atoms with E-state index in [1.54, 1.807) is 0 Å². The van der Waals surface area contributed by atoms with Crippen molar-refractivity contribution in [1.82, 2.24) is 0 Å². The van der Waals surface area contributed by atoms with Gasteiger partial charge in [0.25, 0.3) is 5.91 Å². The first kappa shape index (κ1) is 9.89. The van der Waals surface area contributed by atoms with Gasteiger partial charge in [-0.25, -0.2) is 8.78 Å². The number of rotatable bonds is 0. The smallest absolute Gasteiger partial charge is 0.267 e. The van der Waals surface area contributed by atoms with E-state index in [1.165, 1.54) is 18.9 Å². The normalized spacial score (nSPS) is 19.9. The number of halogens is 2. The summed E-state index contributed by atoms with van der Waals surface area (Å²) in [5.41, 5.74) is 0.121. The molecule has 1 amide bonds. The monoisotopic (exact) mass is 213 g/mol. The molecule has 0 aromatic heterocycles. The van der Waals surface area contributed by atoms with E-state index in [0.717, 1.165) is 12.1 Å². The van der Waals surface area contributed by atoms with Crippen molar-refractivity contribution in [3.8, 4) is 5.75 Å². The van der Waals surface area contributed by atoms with Crippen molar-refractivity contribution >= 4 is 11.6 Å². The quantitative estimate of drug-likeness (QED) is 0.656. The Morgan fingerprint density at radius 1 is 1.40 bits per heavy atom. The van der Waals surface area contributed by atoms with Crippen LogP contribution < -0.4 is 9.64 Å². The molecule has 0 N–H and O–H groups in total. The lowest BCUT2D eigenvalue weighted by Gasteiger charge is -2.30. The fraction of sp³-hybridized carbons (Fsp3) is 0.300. The number of nitrogens with zero attached hydrogens (tertiary/aromatic N) is 1. The topological polar surface area (TPSA) is 29.5 Å². The van der Waals surface area contributed by atoms with Crippen molar-refractivity contribution in [2.24, 2.45) is 0 Å². The van der Waals surface area contributed by atoms with Crippen LogP contribution >= 0.6 is 0 Å². The minimum atomic E-state index is -0.795. The lowest BCUT2D eigenvalue weighted by molar-refractivity contribution is -0.125. The molecule has 0 saturated heterocycles. The molecule has 1 heterocycles. The number of carbonyl (C=O) groups excluding carboxylic acids is 1. The summed E-state index contributed by atoms with van der Waals surface area (Å²) in [4.78, 5) is 12.7. The summed E-state index contributed by atoms with van der Waals surface area (Å²) in [7, 11) is 1.46. The van der Waals surface area contributed by atoms with Crippen LogP contribution in [0.2, 0.25) is 0 Å². The zero-order valence-corrected chi connectivity index (χ0v) is 8.25. The Hall–Kier alpha value is -1.65. The average molecular weight is 213 g/mol. The predicted octanol–water partition coefficient (Wildman–Crippen LogP) is 1.71. The molecule has 2 rings (SSSR count). The third-order valence-corrected chi connectivity index (χ3v) is 2.32. The van der Waals surface area contributed by atoms with E-state index in [0.29, 0.717) is 0 Å². The molecule has 5 heteroatoms. The lowest BCUT2D eigenvalue weighted by Crippen LogP contribution is -2.42. The fourth-order valence-corrected chi connectivity index (χ4v) is 1.53. The van der Waals surface area contributed by atoms with E-state index in [4.69, 9.17) is 4.74 Å². The van der Waals surface area contributed by atoms with Crippen molar-refractivity contribution in [1.29, 1.82) is 0 Å². The number of benzene rings is 1. The molecule has 1 unspecified atom stereocenters. The maximum atomic E-state index is 13.3. The van der Waals surface area contributed by atoms with Crippen LogP contribution in [-0.2, 0) is 4.79 Å². The Morgan fingerprint density at radius 3 is 2.73 bits per heavy atom. The highest BCUT2D eigenvalue weighted by Crippen LogP contribution is 2.36. The summed E-state index contributed by atoms with van der Waals surface area (Å²) >= 11 is 0. The molecular weight excluding hydrogens is 204 g/mol. The van der Waals surface area contributed by atoms with Crippen molar-refractivity contribution in [3.05, 3.63) is 23.8 Å². The molecule has 0 saturated carbocycles. The van der Waals surface area contributed by atoms with E-state index >= 15 is 0 Å². The molecule has 1 aromatic carbocycles. The summed E-state index contributed by atoms with van der Waals surface area (Å²) in [5, 5.41) is 0. The molecule has 1 aromatic rings. The van der Waals surface area contributed by atoms with Crippen molar-refractivity contribution < 1.29 is 18.3 Å². The second-order valence-corrected chi connectivity index (χ2v) is 3.39. The first-order valence-corrected chi connectivity index (χ1v) is 4.44. The fourth-order valence-electron chi connectivity index (χ4n) is 1.53. The maximum absolute atomic E-state index is 13.3. The Kier molecular flexibility index (Phi) is 2.10. The first-order valence-electron chi connectivity index (χ1n) is 4.44.